The van der Waals surface area contributed by atoms with Gasteiger partial charge in [0, 0.05) is 10.9 Å². The lowest BCUT2D eigenvalue weighted by Gasteiger charge is -2.19. The van der Waals surface area contributed by atoms with Crippen LogP contribution in [0.15, 0.2) is 29.6 Å². The second kappa shape index (κ2) is 6.42. The molecular weight excluding hydrogens is 314 g/mol. The summed E-state index contributed by atoms with van der Waals surface area (Å²) in [6.07, 6.45) is -0.669. The van der Waals surface area contributed by atoms with E-state index in [0.717, 1.165) is 11.1 Å². The minimum absolute atomic E-state index is 0.0738. The summed E-state index contributed by atoms with van der Waals surface area (Å²) in [6.45, 7) is 7.20. The summed E-state index contributed by atoms with van der Waals surface area (Å²) >= 11 is 1.17. The van der Waals surface area contributed by atoms with E-state index in [2.05, 4.69) is 5.32 Å². The lowest BCUT2D eigenvalue weighted by molar-refractivity contribution is 0.0636. The number of hydrogen-bond donors (Lipinski definition) is 2. The first kappa shape index (κ1) is 17.0. The number of carboxylic acid groups (broad SMARTS) is 1. The molecule has 1 amide bonds. The number of nitrogens with one attached hydrogen (secondary N) is 1. The number of carbonyl (C=O) groups is 2. The Balaban J connectivity index is 2.34. The first-order valence-electron chi connectivity index (χ1n) is 7.09. The van der Waals surface area contributed by atoms with Gasteiger partial charge in [0.25, 0.3) is 0 Å². The van der Waals surface area contributed by atoms with Gasteiger partial charge in [-0.15, -0.1) is 11.3 Å². The first-order chi connectivity index (χ1) is 10.7. The van der Waals surface area contributed by atoms with Crippen molar-refractivity contribution in [3.8, 4) is 11.1 Å². The van der Waals surface area contributed by atoms with E-state index in [1.165, 1.54) is 11.3 Å². The summed E-state index contributed by atoms with van der Waals surface area (Å²) in [5.74, 6) is -1.09. The Kier molecular flexibility index (Phi) is 4.75. The zero-order chi connectivity index (χ0) is 17.2. The molecule has 0 spiro atoms. The van der Waals surface area contributed by atoms with E-state index in [9.17, 15) is 14.7 Å². The molecule has 1 heterocycles. The van der Waals surface area contributed by atoms with E-state index in [0.29, 0.717) is 5.56 Å². The van der Waals surface area contributed by atoms with Crippen LogP contribution in [0.25, 0.3) is 11.1 Å². The predicted octanol–water partition coefficient (Wildman–Crippen LogP) is 4.77. The minimum atomic E-state index is -1.09. The van der Waals surface area contributed by atoms with Crippen LogP contribution < -0.4 is 5.32 Å². The zero-order valence-corrected chi connectivity index (χ0v) is 14.3. The highest BCUT2D eigenvalue weighted by atomic mass is 32.1. The second-order valence-electron chi connectivity index (χ2n) is 6.15. The van der Waals surface area contributed by atoms with Crippen LogP contribution in [0.4, 0.5) is 9.80 Å². The standard InChI is InChI=1S/C17H19NO4S/c1-10-5-7-11(8-6-10)12-9-23-14(13(12)15(19)20)18-16(21)22-17(2,3)4/h5-9H,1-4H3,(H,18,21)(H,19,20). The number of anilines is 1. The van der Waals surface area contributed by atoms with Crippen molar-refractivity contribution in [2.75, 3.05) is 5.32 Å². The molecule has 5 nitrogen and oxygen atoms in total. The summed E-state index contributed by atoms with van der Waals surface area (Å²) in [7, 11) is 0. The Bertz CT molecular complexity index is 726. The molecule has 0 saturated heterocycles. The van der Waals surface area contributed by atoms with Crippen molar-refractivity contribution in [2.45, 2.75) is 33.3 Å². The van der Waals surface area contributed by atoms with Gasteiger partial charge in [0.05, 0.1) is 0 Å². The number of hydrogen-bond acceptors (Lipinski definition) is 4. The fraction of sp³-hybridized carbons (Fsp3) is 0.294. The Hall–Kier alpha value is -2.34. The van der Waals surface area contributed by atoms with Gasteiger partial charge in [0.15, 0.2) is 0 Å². The van der Waals surface area contributed by atoms with Crippen molar-refractivity contribution in [3.63, 3.8) is 0 Å². The molecule has 2 N–H and O–H groups in total. The van der Waals surface area contributed by atoms with E-state index in [4.69, 9.17) is 4.74 Å². The number of aryl methyl sites for hydroxylation is 1. The van der Waals surface area contributed by atoms with Gasteiger partial charge in [0.1, 0.15) is 16.2 Å². The molecule has 1 aromatic carbocycles. The van der Waals surface area contributed by atoms with Gasteiger partial charge in [-0.2, -0.15) is 0 Å². The minimum Gasteiger partial charge on any atom is -0.478 e. The average molecular weight is 333 g/mol. The predicted molar refractivity (Wildman–Crippen MR) is 91.3 cm³/mol. The molecular formula is C17H19NO4S. The summed E-state index contributed by atoms with van der Waals surface area (Å²) in [5.41, 5.74) is 1.89. The van der Waals surface area contributed by atoms with Gasteiger partial charge in [0.2, 0.25) is 0 Å². The van der Waals surface area contributed by atoms with Crippen LogP contribution in [-0.4, -0.2) is 22.8 Å². The lowest BCUT2D eigenvalue weighted by atomic mass is 10.0. The van der Waals surface area contributed by atoms with Gasteiger partial charge >= 0.3 is 12.1 Å². The van der Waals surface area contributed by atoms with E-state index >= 15 is 0 Å². The quantitative estimate of drug-likeness (QED) is 0.848. The fourth-order valence-electron chi connectivity index (χ4n) is 2.00. The molecule has 0 aliphatic carbocycles. The SMILES string of the molecule is Cc1ccc(-c2csc(NC(=O)OC(C)(C)C)c2C(=O)O)cc1. The maximum Gasteiger partial charge on any atom is 0.412 e. The smallest absolute Gasteiger partial charge is 0.412 e. The molecule has 0 fully saturated rings. The molecule has 0 aliphatic rings. The van der Waals surface area contributed by atoms with Gasteiger partial charge < -0.3 is 9.84 Å². The summed E-state index contributed by atoms with van der Waals surface area (Å²) in [4.78, 5) is 23.5. The number of thiophene rings is 1. The Labute approximate surface area is 138 Å². The van der Waals surface area contributed by atoms with E-state index in [-0.39, 0.29) is 10.6 Å². The van der Waals surface area contributed by atoms with Crippen molar-refractivity contribution in [1.82, 2.24) is 0 Å². The maximum atomic E-state index is 11.9. The fourth-order valence-corrected chi connectivity index (χ4v) is 2.95. The molecule has 1 aromatic heterocycles. The van der Waals surface area contributed by atoms with Crippen molar-refractivity contribution in [2.24, 2.45) is 0 Å². The number of rotatable bonds is 3. The van der Waals surface area contributed by atoms with Crippen LogP contribution in [0.3, 0.4) is 0 Å². The van der Waals surface area contributed by atoms with E-state index in [1.807, 2.05) is 31.2 Å². The number of ether oxygens (including phenoxy) is 1. The third-order valence-corrected chi connectivity index (χ3v) is 3.88. The monoisotopic (exact) mass is 333 g/mol. The topological polar surface area (TPSA) is 75.6 Å². The van der Waals surface area contributed by atoms with Crippen molar-refractivity contribution in [3.05, 3.63) is 40.8 Å². The van der Waals surface area contributed by atoms with Gasteiger partial charge in [-0.3, -0.25) is 5.32 Å². The van der Waals surface area contributed by atoms with E-state index < -0.39 is 17.7 Å². The van der Waals surface area contributed by atoms with Crippen molar-refractivity contribution in [1.29, 1.82) is 0 Å². The number of benzene rings is 1. The summed E-state index contributed by atoms with van der Waals surface area (Å²) in [5, 5.41) is 14.0. The highest BCUT2D eigenvalue weighted by molar-refractivity contribution is 7.15. The first-order valence-corrected chi connectivity index (χ1v) is 7.97. The number of aromatic carboxylic acids is 1. The highest BCUT2D eigenvalue weighted by Gasteiger charge is 2.23. The van der Waals surface area contributed by atoms with Crippen molar-refractivity contribution < 1.29 is 19.4 Å². The number of carboxylic acids is 1. The van der Waals surface area contributed by atoms with Gasteiger partial charge in [-0.25, -0.2) is 9.59 Å². The molecule has 0 radical (unpaired) electrons. The summed E-state index contributed by atoms with van der Waals surface area (Å²) in [6, 6.07) is 7.56. The van der Waals surface area contributed by atoms with Gasteiger partial charge in [-0.05, 0) is 33.3 Å². The van der Waals surface area contributed by atoms with Gasteiger partial charge in [-0.1, -0.05) is 29.8 Å². The Morgan fingerprint density at radius 2 is 1.78 bits per heavy atom. The van der Waals surface area contributed by atoms with Crippen LogP contribution in [0, 0.1) is 6.92 Å². The molecule has 0 saturated carbocycles. The van der Waals surface area contributed by atoms with Crippen LogP contribution in [0.5, 0.6) is 0 Å². The molecule has 23 heavy (non-hydrogen) atoms. The Morgan fingerprint density at radius 1 is 1.17 bits per heavy atom. The molecule has 2 rings (SSSR count). The number of carbonyl (C=O) groups excluding carboxylic acids is 1. The van der Waals surface area contributed by atoms with Crippen LogP contribution in [0.1, 0.15) is 36.7 Å². The zero-order valence-electron chi connectivity index (χ0n) is 13.5. The molecule has 0 unspecified atom stereocenters. The lowest BCUT2D eigenvalue weighted by Crippen LogP contribution is -2.27. The molecule has 0 atom stereocenters. The Morgan fingerprint density at radius 3 is 2.30 bits per heavy atom. The molecule has 0 bridgehead atoms. The van der Waals surface area contributed by atoms with Crippen molar-refractivity contribution >= 4 is 28.4 Å². The van der Waals surface area contributed by atoms with E-state index in [1.54, 1.807) is 26.2 Å². The van der Waals surface area contributed by atoms with Crippen LogP contribution >= 0.6 is 11.3 Å². The highest BCUT2D eigenvalue weighted by Crippen LogP contribution is 2.36. The molecule has 122 valence electrons. The second-order valence-corrected chi connectivity index (χ2v) is 7.03. The maximum absolute atomic E-state index is 11.9. The van der Waals surface area contributed by atoms with Crippen LogP contribution in [-0.2, 0) is 4.74 Å². The number of amides is 1. The third-order valence-electron chi connectivity index (χ3n) is 2.98. The molecule has 2 aromatic rings. The molecule has 6 heteroatoms. The normalized spacial score (nSPS) is 11.1. The summed E-state index contributed by atoms with van der Waals surface area (Å²) < 4.78 is 5.17. The molecule has 0 aliphatic heterocycles. The largest absolute Gasteiger partial charge is 0.478 e. The average Bonchev–Trinajstić information content (AvgIpc) is 2.81. The van der Waals surface area contributed by atoms with Crippen LogP contribution in [0.2, 0.25) is 0 Å². The third kappa shape index (κ3) is 4.32.